The second kappa shape index (κ2) is 9.60. The molecule has 3 rings (SSSR count). The van der Waals surface area contributed by atoms with E-state index < -0.39 is 27.6 Å². The highest BCUT2D eigenvalue weighted by Crippen LogP contribution is 2.19. The molecule has 0 atom stereocenters. The molecule has 5 nitrogen and oxygen atoms in total. The number of hydrogen-bond acceptors (Lipinski definition) is 3. The molecule has 1 N–H and O–H groups in total. The molecule has 0 saturated heterocycles. The predicted octanol–water partition coefficient (Wildman–Crippen LogP) is 3.98. The number of sulfonamides is 1. The van der Waals surface area contributed by atoms with E-state index in [2.05, 4.69) is 4.72 Å². The number of benzene rings is 3. The Morgan fingerprint density at radius 1 is 0.833 bits per heavy atom. The molecule has 0 spiro atoms. The summed E-state index contributed by atoms with van der Waals surface area (Å²) in [5, 5.41) is 0. The zero-order valence-corrected chi connectivity index (χ0v) is 16.8. The van der Waals surface area contributed by atoms with Gasteiger partial charge in [0.05, 0.1) is 4.90 Å². The average Bonchev–Trinajstić information content (AvgIpc) is 2.75. The first-order valence-corrected chi connectivity index (χ1v) is 10.7. The van der Waals surface area contributed by atoms with Crippen LogP contribution in [0.5, 0.6) is 0 Å². The first-order chi connectivity index (χ1) is 14.4. The number of amides is 1. The molecule has 0 fully saturated rings. The Hall–Kier alpha value is -3.10. The monoisotopic (exact) mass is 430 g/mol. The van der Waals surface area contributed by atoms with Gasteiger partial charge in [0.1, 0.15) is 11.6 Å². The number of carbonyl (C=O) groups is 1. The molecule has 0 aliphatic rings. The van der Waals surface area contributed by atoms with Crippen molar-refractivity contribution in [2.24, 2.45) is 0 Å². The van der Waals surface area contributed by atoms with E-state index in [1.165, 1.54) is 65.6 Å². The highest BCUT2D eigenvalue weighted by Gasteiger charge is 2.19. The van der Waals surface area contributed by atoms with Crippen LogP contribution in [-0.2, 0) is 10.0 Å². The molecular weight excluding hydrogens is 410 g/mol. The van der Waals surface area contributed by atoms with Gasteiger partial charge in [0, 0.05) is 24.3 Å². The predicted molar refractivity (Wildman–Crippen MR) is 111 cm³/mol. The molecule has 30 heavy (non-hydrogen) atoms. The molecule has 3 aromatic rings. The van der Waals surface area contributed by atoms with Crippen molar-refractivity contribution in [2.45, 2.75) is 11.3 Å². The van der Waals surface area contributed by atoms with E-state index in [0.29, 0.717) is 12.1 Å². The van der Waals surface area contributed by atoms with Gasteiger partial charge < -0.3 is 4.90 Å². The van der Waals surface area contributed by atoms with Crippen LogP contribution in [0, 0.1) is 11.6 Å². The molecule has 8 heteroatoms. The van der Waals surface area contributed by atoms with Crippen molar-refractivity contribution in [1.29, 1.82) is 0 Å². The molecular formula is C22H20F2N2O3S. The van der Waals surface area contributed by atoms with Crippen LogP contribution < -0.4 is 9.62 Å². The maximum absolute atomic E-state index is 13.3. The fourth-order valence-corrected chi connectivity index (χ4v) is 3.94. The third-order valence-corrected chi connectivity index (χ3v) is 5.86. The van der Waals surface area contributed by atoms with Crippen LogP contribution in [0.4, 0.5) is 14.5 Å². The first-order valence-electron chi connectivity index (χ1n) is 9.24. The SMILES string of the molecule is O=C(c1ccc(F)cc1)N(CCCNS(=O)(=O)c1ccccc1)c1ccc(F)cc1. The quantitative estimate of drug-likeness (QED) is 0.550. The van der Waals surface area contributed by atoms with Gasteiger partial charge >= 0.3 is 0 Å². The van der Waals surface area contributed by atoms with Crippen molar-refractivity contribution in [2.75, 3.05) is 18.0 Å². The van der Waals surface area contributed by atoms with Gasteiger partial charge in [-0.2, -0.15) is 0 Å². The Morgan fingerprint density at radius 3 is 2.00 bits per heavy atom. The zero-order valence-electron chi connectivity index (χ0n) is 16.0. The van der Waals surface area contributed by atoms with Gasteiger partial charge in [0.25, 0.3) is 5.91 Å². The smallest absolute Gasteiger partial charge is 0.258 e. The summed E-state index contributed by atoms with van der Waals surface area (Å²) >= 11 is 0. The van der Waals surface area contributed by atoms with E-state index in [1.807, 2.05) is 0 Å². The summed E-state index contributed by atoms with van der Waals surface area (Å²) < 4.78 is 53.6. The zero-order chi connectivity index (χ0) is 21.6. The number of halogens is 2. The molecule has 0 unspecified atom stereocenters. The maximum Gasteiger partial charge on any atom is 0.258 e. The minimum absolute atomic E-state index is 0.103. The van der Waals surface area contributed by atoms with Gasteiger partial charge in [-0.3, -0.25) is 4.79 Å². The molecule has 1 amide bonds. The lowest BCUT2D eigenvalue weighted by Crippen LogP contribution is -2.34. The van der Waals surface area contributed by atoms with Gasteiger partial charge in [-0.15, -0.1) is 0 Å². The van der Waals surface area contributed by atoms with Gasteiger partial charge in [-0.25, -0.2) is 21.9 Å². The number of anilines is 1. The van der Waals surface area contributed by atoms with E-state index in [4.69, 9.17) is 0 Å². The van der Waals surface area contributed by atoms with Gasteiger partial charge in [0.2, 0.25) is 10.0 Å². The van der Waals surface area contributed by atoms with Crippen molar-refractivity contribution in [3.63, 3.8) is 0 Å². The maximum atomic E-state index is 13.3. The molecule has 0 heterocycles. The van der Waals surface area contributed by atoms with Crippen LogP contribution in [0.3, 0.4) is 0 Å². The molecule has 0 saturated carbocycles. The van der Waals surface area contributed by atoms with Crippen LogP contribution in [0.2, 0.25) is 0 Å². The Balaban J connectivity index is 1.70. The van der Waals surface area contributed by atoms with E-state index in [1.54, 1.807) is 18.2 Å². The van der Waals surface area contributed by atoms with Crippen molar-refractivity contribution in [1.82, 2.24) is 4.72 Å². The number of rotatable bonds is 8. The Labute approximate surface area is 174 Å². The third kappa shape index (κ3) is 5.49. The topological polar surface area (TPSA) is 66.5 Å². The van der Waals surface area contributed by atoms with Gasteiger partial charge in [0.15, 0.2) is 0 Å². The summed E-state index contributed by atoms with van der Waals surface area (Å²) in [6, 6.07) is 18.5. The molecule has 0 bridgehead atoms. The van der Waals surface area contributed by atoms with Crippen LogP contribution in [0.1, 0.15) is 16.8 Å². The van der Waals surface area contributed by atoms with Crippen LogP contribution in [-0.4, -0.2) is 27.4 Å². The Bertz CT molecular complexity index is 1090. The highest BCUT2D eigenvalue weighted by molar-refractivity contribution is 7.89. The van der Waals surface area contributed by atoms with E-state index in [0.717, 1.165) is 0 Å². The second-order valence-corrected chi connectivity index (χ2v) is 8.27. The van der Waals surface area contributed by atoms with E-state index in [-0.39, 0.29) is 23.5 Å². The molecule has 156 valence electrons. The third-order valence-electron chi connectivity index (χ3n) is 4.38. The minimum atomic E-state index is -3.65. The van der Waals surface area contributed by atoms with Crippen LogP contribution in [0.15, 0.2) is 83.8 Å². The van der Waals surface area contributed by atoms with Crippen LogP contribution in [0.25, 0.3) is 0 Å². The molecule has 0 aliphatic heterocycles. The molecule has 0 radical (unpaired) electrons. The van der Waals surface area contributed by atoms with E-state index in [9.17, 15) is 22.0 Å². The first kappa shape index (κ1) is 21.6. The number of carbonyl (C=O) groups excluding carboxylic acids is 1. The summed E-state index contributed by atoms with van der Waals surface area (Å²) in [4.78, 5) is 14.5. The van der Waals surface area contributed by atoms with Gasteiger partial charge in [-0.05, 0) is 67.1 Å². The lowest BCUT2D eigenvalue weighted by molar-refractivity contribution is 0.0986. The fourth-order valence-electron chi connectivity index (χ4n) is 2.84. The fraction of sp³-hybridized carbons (Fsp3) is 0.136. The lowest BCUT2D eigenvalue weighted by atomic mass is 10.1. The summed E-state index contributed by atoms with van der Waals surface area (Å²) in [5.74, 6) is -1.30. The summed E-state index contributed by atoms with van der Waals surface area (Å²) in [6.45, 7) is 0.283. The van der Waals surface area contributed by atoms with Crippen molar-refractivity contribution in [3.8, 4) is 0 Å². The van der Waals surface area contributed by atoms with Crippen LogP contribution >= 0.6 is 0 Å². The number of nitrogens with one attached hydrogen (secondary N) is 1. The number of hydrogen-bond donors (Lipinski definition) is 1. The summed E-state index contributed by atoms with van der Waals surface area (Å²) in [5.41, 5.74) is 0.724. The van der Waals surface area contributed by atoms with Gasteiger partial charge in [-0.1, -0.05) is 18.2 Å². The highest BCUT2D eigenvalue weighted by atomic mass is 32.2. The summed E-state index contributed by atoms with van der Waals surface area (Å²) in [6.07, 6.45) is 0.316. The molecule has 0 aliphatic carbocycles. The largest absolute Gasteiger partial charge is 0.308 e. The van der Waals surface area contributed by atoms with Crippen molar-refractivity contribution in [3.05, 3.63) is 96.1 Å². The Morgan fingerprint density at radius 2 is 1.40 bits per heavy atom. The molecule has 0 aromatic heterocycles. The normalized spacial score (nSPS) is 11.3. The van der Waals surface area contributed by atoms with Crippen molar-refractivity contribution >= 4 is 21.6 Å². The lowest BCUT2D eigenvalue weighted by Gasteiger charge is -2.23. The Kier molecular flexibility index (Phi) is 6.91. The number of nitrogens with zero attached hydrogens (tertiary/aromatic N) is 1. The summed E-state index contributed by atoms with van der Waals surface area (Å²) in [7, 11) is -3.65. The second-order valence-electron chi connectivity index (χ2n) is 6.50. The molecule has 3 aromatic carbocycles. The van der Waals surface area contributed by atoms with Crippen molar-refractivity contribution < 1.29 is 22.0 Å². The minimum Gasteiger partial charge on any atom is -0.308 e. The average molecular weight is 430 g/mol. The van der Waals surface area contributed by atoms with E-state index >= 15 is 0 Å². The standard InChI is InChI=1S/C22H20F2N2O3S/c23-18-9-7-17(8-10-18)22(27)26(20-13-11-19(24)12-14-20)16-4-15-25-30(28,29)21-5-2-1-3-6-21/h1-3,5-14,25H,4,15-16H2.